The third-order valence-electron chi connectivity index (χ3n) is 5.82. The number of benzene rings is 2. The molecule has 1 heterocycles. The van der Waals surface area contributed by atoms with Crippen molar-refractivity contribution in [2.75, 3.05) is 24.5 Å². The van der Waals surface area contributed by atoms with Crippen molar-refractivity contribution in [1.82, 2.24) is 4.31 Å². The number of anilines is 1. The number of hydrogen-bond acceptors (Lipinski definition) is 3. The van der Waals surface area contributed by atoms with Crippen LogP contribution in [-0.2, 0) is 10.0 Å². The van der Waals surface area contributed by atoms with E-state index in [0.29, 0.717) is 24.5 Å². The quantitative estimate of drug-likeness (QED) is 0.796. The highest BCUT2D eigenvalue weighted by Crippen LogP contribution is 2.31. The number of nitrogens with zero attached hydrogens (tertiary/aromatic N) is 2. The van der Waals surface area contributed by atoms with E-state index >= 15 is 0 Å². The van der Waals surface area contributed by atoms with Gasteiger partial charge in [0.1, 0.15) is 0 Å². The fourth-order valence-electron chi connectivity index (χ4n) is 4.03. The molecule has 0 bridgehead atoms. The monoisotopic (exact) mass is 386 g/mol. The molecule has 2 aromatic rings. The molecule has 0 N–H and O–H groups in total. The van der Waals surface area contributed by atoms with Crippen LogP contribution in [0.3, 0.4) is 0 Å². The molecule has 1 aliphatic rings. The van der Waals surface area contributed by atoms with Crippen LogP contribution in [-0.4, -0.2) is 38.4 Å². The van der Waals surface area contributed by atoms with Crippen molar-refractivity contribution < 1.29 is 8.42 Å². The SMILES string of the molecule is Cc1cccc(N2CCN(S(=O)(=O)c3c(C)c(C)cc(C)c3C)CC2C)c1. The lowest BCUT2D eigenvalue weighted by atomic mass is 10.0. The Balaban J connectivity index is 1.91. The van der Waals surface area contributed by atoms with Crippen LogP contribution >= 0.6 is 0 Å². The van der Waals surface area contributed by atoms with Gasteiger partial charge in [-0.05, 0) is 81.5 Å². The molecule has 1 saturated heterocycles. The first-order chi connectivity index (χ1) is 12.6. The molecule has 2 aromatic carbocycles. The van der Waals surface area contributed by atoms with E-state index in [1.165, 1.54) is 11.3 Å². The molecule has 1 atom stereocenters. The number of sulfonamides is 1. The zero-order chi connectivity index (χ0) is 19.9. The van der Waals surface area contributed by atoms with Gasteiger partial charge in [0.05, 0.1) is 4.90 Å². The molecular weight excluding hydrogens is 356 g/mol. The number of rotatable bonds is 3. The molecule has 3 rings (SSSR count). The predicted molar refractivity (Wildman–Crippen MR) is 112 cm³/mol. The van der Waals surface area contributed by atoms with Gasteiger partial charge in [-0.15, -0.1) is 0 Å². The van der Waals surface area contributed by atoms with E-state index in [2.05, 4.69) is 49.1 Å². The second kappa shape index (κ2) is 7.28. The normalized spacial score (nSPS) is 18.7. The van der Waals surface area contributed by atoms with Gasteiger partial charge in [-0.25, -0.2) is 8.42 Å². The molecule has 146 valence electrons. The van der Waals surface area contributed by atoms with Crippen LogP contribution in [0.5, 0.6) is 0 Å². The Morgan fingerprint density at radius 2 is 1.56 bits per heavy atom. The maximum atomic E-state index is 13.5. The van der Waals surface area contributed by atoms with Crippen molar-refractivity contribution in [2.45, 2.75) is 52.5 Å². The van der Waals surface area contributed by atoms with Crippen LogP contribution in [0.2, 0.25) is 0 Å². The van der Waals surface area contributed by atoms with Gasteiger partial charge in [0.2, 0.25) is 10.0 Å². The molecule has 0 spiro atoms. The molecule has 1 fully saturated rings. The molecule has 1 aliphatic heterocycles. The number of aryl methyl sites for hydroxylation is 3. The van der Waals surface area contributed by atoms with Gasteiger partial charge in [-0.2, -0.15) is 4.31 Å². The Morgan fingerprint density at radius 3 is 2.11 bits per heavy atom. The fourth-order valence-corrected chi connectivity index (χ4v) is 6.12. The van der Waals surface area contributed by atoms with Crippen molar-refractivity contribution in [3.05, 3.63) is 58.1 Å². The third kappa shape index (κ3) is 3.63. The first-order valence-corrected chi connectivity index (χ1v) is 11.0. The van der Waals surface area contributed by atoms with Crippen LogP contribution in [0.1, 0.15) is 34.7 Å². The summed E-state index contributed by atoms with van der Waals surface area (Å²) in [5, 5.41) is 0. The van der Waals surface area contributed by atoms with Crippen molar-refractivity contribution in [1.29, 1.82) is 0 Å². The molecule has 1 unspecified atom stereocenters. The lowest BCUT2D eigenvalue weighted by molar-refractivity contribution is 0.342. The summed E-state index contributed by atoms with van der Waals surface area (Å²) in [5.41, 5.74) is 6.18. The molecule has 27 heavy (non-hydrogen) atoms. The minimum atomic E-state index is -3.51. The van der Waals surface area contributed by atoms with E-state index in [-0.39, 0.29) is 6.04 Å². The van der Waals surface area contributed by atoms with E-state index < -0.39 is 10.0 Å². The molecule has 0 radical (unpaired) electrons. The Hall–Kier alpha value is -1.85. The second-order valence-corrected chi connectivity index (χ2v) is 9.71. The first-order valence-electron chi connectivity index (χ1n) is 9.53. The highest BCUT2D eigenvalue weighted by atomic mass is 32.2. The zero-order valence-electron chi connectivity index (χ0n) is 17.2. The molecule has 5 heteroatoms. The van der Waals surface area contributed by atoms with E-state index in [4.69, 9.17) is 0 Å². The van der Waals surface area contributed by atoms with Crippen molar-refractivity contribution in [3.8, 4) is 0 Å². The van der Waals surface area contributed by atoms with Crippen LogP contribution in [0, 0.1) is 34.6 Å². The van der Waals surface area contributed by atoms with Crippen LogP contribution < -0.4 is 4.90 Å². The average Bonchev–Trinajstić information content (AvgIpc) is 2.60. The van der Waals surface area contributed by atoms with Gasteiger partial charge in [-0.1, -0.05) is 18.2 Å². The van der Waals surface area contributed by atoms with E-state index in [0.717, 1.165) is 22.3 Å². The van der Waals surface area contributed by atoms with Crippen LogP contribution in [0.15, 0.2) is 35.2 Å². The predicted octanol–water partition coefficient (Wildman–Crippen LogP) is 4.13. The molecule has 4 nitrogen and oxygen atoms in total. The lowest BCUT2D eigenvalue weighted by Gasteiger charge is -2.41. The summed E-state index contributed by atoms with van der Waals surface area (Å²) in [7, 11) is -3.51. The topological polar surface area (TPSA) is 40.6 Å². The summed E-state index contributed by atoms with van der Waals surface area (Å²) in [4.78, 5) is 2.80. The van der Waals surface area contributed by atoms with Crippen molar-refractivity contribution in [2.24, 2.45) is 0 Å². The van der Waals surface area contributed by atoms with E-state index in [1.54, 1.807) is 4.31 Å². The van der Waals surface area contributed by atoms with Gasteiger partial charge in [-0.3, -0.25) is 0 Å². The van der Waals surface area contributed by atoms with Gasteiger partial charge in [0.15, 0.2) is 0 Å². The van der Waals surface area contributed by atoms with Crippen molar-refractivity contribution >= 4 is 15.7 Å². The van der Waals surface area contributed by atoms with Gasteiger partial charge >= 0.3 is 0 Å². The largest absolute Gasteiger partial charge is 0.366 e. The highest BCUT2D eigenvalue weighted by molar-refractivity contribution is 7.89. The minimum Gasteiger partial charge on any atom is -0.366 e. The molecule has 0 amide bonds. The van der Waals surface area contributed by atoms with Crippen molar-refractivity contribution in [3.63, 3.8) is 0 Å². The number of hydrogen-bond donors (Lipinski definition) is 0. The highest BCUT2D eigenvalue weighted by Gasteiger charge is 2.34. The smallest absolute Gasteiger partial charge is 0.243 e. The average molecular weight is 387 g/mol. The van der Waals surface area contributed by atoms with Gasteiger partial charge in [0.25, 0.3) is 0 Å². The fraction of sp³-hybridized carbons (Fsp3) is 0.455. The summed E-state index contributed by atoms with van der Waals surface area (Å²) < 4.78 is 28.6. The molecule has 0 aliphatic carbocycles. The Bertz CT molecular complexity index is 940. The van der Waals surface area contributed by atoms with Gasteiger partial charge in [0, 0.05) is 31.4 Å². The lowest BCUT2D eigenvalue weighted by Crippen LogP contribution is -2.53. The summed E-state index contributed by atoms with van der Waals surface area (Å²) >= 11 is 0. The summed E-state index contributed by atoms with van der Waals surface area (Å²) in [5.74, 6) is 0. The Kier molecular flexibility index (Phi) is 5.37. The molecule has 0 saturated carbocycles. The second-order valence-electron chi connectivity index (χ2n) is 7.83. The molecular formula is C22H30N2O2S. The standard InChI is InChI=1S/C22H30N2O2S/c1-15-8-7-9-21(12-15)24-11-10-23(14-18(24)4)27(25,26)22-19(5)16(2)13-17(3)20(22)6/h7-9,12-13,18H,10-11,14H2,1-6H3. The summed E-state index contributed by atoms with van der Waals surface area (Å²) in [6.07, 6.45) is 0. The van der Waals surface area contributed by atoms with E-state index in [1.807, 2.05) is 27.7 Å². The maximum Gasteiger partial charge on any atom is 0.243 e. The van der Waals surface area contributed by atoms with Crippen LogP contribution in [0.25, 0.3) is 0 Å². The van der Waals surface area contributed by atoms with E-state index in [9.17, 15) is 8.42 Å². The minimum absolute atomic E-state index is 0.127. The summed E-state index contributed by atoms with van der Waals surface area (Å²) in [6, 6.07) is 10.6. The zero-order valence-corrected chi connectivity index (χ0v) is 18.0. The Morgan fingerprint density at radius 1 is 0.926 bits per heavy atom. The maximum absolute atomic E-state index is 13.5. The third-order valence-corrected chi connectivity index (χ3v) is 7.96. The number of piperazine rings is 1. The first kappa shape index (κ1) is 19.9. The molecule has 0 aromatic heterocycles. The Labute approximate surface area is 163 Å². The van der Waals surface area contributed by atoms with Crippen LogP contribution in [0.4, 0.5) is 5.69 Å². The summed E-state index contributed by atoms with van der Waals surface area (Å²) in [6.45, 7) is 13.7. The van der Waals surface area contributed by atoms with Gasteiger partial charge < -0.3 is 4.90 Å².